The predicted octanol–water partition coefficient (Wildman–Crippen LogP) is 4.68. The first kappa shape index (κ1) is 14.5. The van der Waals surface area contributed by atoms with E-state index < -0.39 is 0 Å². The second kappa shape index (κ2) is 6.36. The summed E-state index contributed by atoms with van der Waals surface area (Å²) in [5.74, 6) is 0. The lowest BCUT2D eigenvalue weighted by molar-refractivity contribution is 0.547. The highest BCUT2D eigenvalue weighted by molar-refractivity contribution is 9.10. The normalized spacial score (nSPS) is 12.5. The van der Waals surface area contributed by atoms with E-state index in [9.17, 15) is 0 Å². The average molecular weight is 296 g/mol. The monoisotopic (exact) mass is 295 g/mol. The van der Waals surface area contributed by atoms with Gasteiger partial charge in [-0.25, -0.2) is 0 Å². The van der Waals surface area contributed by atoms with Gasteiger partial charge in [-0.2, -0.15) is 0 Å². The minimum Gasteiger partial charge on any atom is -0.313 e. The van der Waals surface area contributed by atoms with Gasteiger partial charge in [0.15, 0.2) is 0 Å². The molecule has 17 heavy (non-hydrogen) atoms. The Morgan fingerprint density at radius 3 is 2.29 bits per heavy atom. The van der Waals surface area contributed by atoms with Gasteiger partial charge in [0.1, 0.15) is 0 Å². The summed E-state index contributed by atoms with van der Waals surface area (Å²) in [5.41, 5.74) is 5.22. The van der Waals surface area contributed by atoms with E-state index in [0.29, 0.717) is 6.04 Å². The molecule has 0 spiro atoms. The summed E-state index contributed by atoms with van der Waals surface area (Å²) < 4.78 is 1.22. The Hall–Kier alpha value is -0.600. The lowest BCUT2D eigenvalue weighted by atomic mass is 9.97. The molecule has 1 aromatic rings. The van der Waals surface area contributed by atoms with Crippen molar-refractivity contribution in [2.45, 2.75) is 39.7 Å². The van der Waals surface area contributed by atoms with Gasteiger partial charge >= 0.3 is 0 Å². The van der Waals surface area contributed by atoms with Gasteiger partial charge in [0, 0.05) is 10.5 Å². The van der Waals surface area contributed by atoms with Crippen molar-refractivity contribution < 1.29 is 0 Å². The standard InChI is InChI=1S/C15H22BrN/c1-10(2)6-7-14(17-5)13-8-11(3)15(16)12(4)9-13/h8-9,14,17H,1,6-7H2,2-5H3. The van der Waals surface area contributed by atoms with Crippen LogP contribution in [0.1, 0.15) is 42.5 Å². The van der Waals surface area contributed by atoms with E-state index in [0.717, 1.165) is 12.8 Å². The Morgan fingerprint density at radius 1 is 1.35 bits per heavy atom. The summed E-state index contributed by atoms with van der Waals surface area (Å²) in [6.45, 7) is 10.3. The van der Waals surface area contributed by atoms with Crippen molar-refractivity contribution in [2.75, 3.05) is 7.05 Å². The number of hydrogen-bond acceptors (Lipinski definition) is 1. The fourth-order valence-electron chi connectivity index (χ4n) is 2.05. The molecule has 0 aliphatic rings. The van der Waals surface area contributed by atoms with Gasteiger partial charge in [0.25, 0.3) is 0 Å². The first-order chi connectivity index (χ1) is 7.95. The third-order valence-electron chi connectivity index (χ3n) is 3.07. The van der Waals surface area contributed by atoms with E-state index >= 15 is 0 Å². The highest BCUT2D eigenvalue weighted by Crippen LogP contribution is 2.27. The lowest BCUT2D eigenvalue weighted by Gasteiger charge is -2.19. The number of nitrogens with one attached hydrogen (secondary N) is 1. The number of rotatable bonds is 5. The second-order valence-corrected chi connectivity index (χ2v) is 5.60. The molecule has 0 saturated carbocycles. The molecule has 1 unspecified atom stereocenters. The lowest BCUT2D eigenvalue weighted by Crippen LogP contribution is -2.16. The zero-order valence-corrected chi connectivity index (χ0v) is 12.8. The SMILES string of the molecule is C=C(C)CCC(NC)c1cc(C)c(Br)c(C)c1. The summed E-state index contributed by atoms with van der Waals surface area (Å²) in [5, 5.41) is 3.39. The summed E-state index contributed by atoms with van der Waals surface area (Å²) in [6.07, 6.45) is 2.17. The molecule has 1 aromatic carbocycles. The van der Waals surface area contributed by atoms with Crippen LogP contribution in [0.5, 0.6) is 0 Å². The molecule has 0 amide bonds. The van der Waals surface area contributed by atoms with Gasteiger partial charge in [-0.3, -0.25) is 0 Å². The van der Waals surface area contributed by atoms with Gasteiger partial charge in [-0.15, -0.1) is 6.58 Å². The van der Waals surface area contributed by atoms with Crippen LogP contribution >= 0.6 is 15.9 Å². The first-order valence-electron chi connectivity index (χ1n) is 6.04. The van der Waals surface area contributed by atoms with E-state index in [-0.39, 0.29) is 0 Å². The van der Waals surface area contributed by atoms with Crippen LogP contribution in [0, 0.1) is 13.8 Å². The fourth-order valence-corrected chi connectivity index (χ4v) is 2.28. The van der Waals surface area contributed by atoms with Crippen LogP contribution in [0.25, 0.3) is 0 Å². The van der Waals surface area contributed by atoms with Gasteiger partial charge < -0.3 is 5.32 Å². The summed E-state index contributed by atoms with van der Waals surface area (Å²) in [4.78, 5) is 0. The minimum atomic E-state index is 0.414. The third kappa shape index (κ3) is 3.97. The molecule has 1 N–H and O–H groups in total. The van der Waals surface area contributed by atoms with Crippen LogP contribution in [0.2, 0.25) is 0 Å². The van der Waals surface area contributed by atoms with Gasteiger partial charge in [0.2, 0.25) is 0 Å². The average Bonchev–Trinajstić information content (AvgIpc) is 2.26. The van der Waals surface area contributed by atoms with Crippen molar-refractivity contribution in [3.05, 3.63) is 45.4 Å². The molecule has 0 heterocycles. The summed E-state index contributed by atoms with van der Waals surface area (Å²) in [7, 11) is 2.02. The quantitative estimate of drug-likeness (QED) is 0.778. The molecule has 1 rings (SSSR count). The maximum Gasteiger partial charge on any atom is 0.0320 e. The molecule has 1 nitrogen and oxygen atoms in total. The van der Waals surface area contributed by atoms with E-state index in [1.807, 2.05) is 7.05 Å². The topological polar surface area (TPSA) is 12.0 Å². The Bertz CT molecular complexity index is 386. The molecule has 0 fully saturated rings. The number of benzene rings is 1. The van der Waals surface area contributed by atoms with Crippen LogP contribution in [0.3, 0.4) is 0 Å². The van der Waals surface area contributed by atoms with E-state index in [1.54, 1.807) is 0 Å². The van der Waals surface area contributed by atoms with E-state index in [1.165, 1.54) is 26.7 Å². The molecule has 0 aromatic heterocycles. The summed E-state index contributed by atoms with van der Waals surface area (Å²) >= 11 is 3.61. The first-order valence-corrected chi connectivity index (χ1v) is 6.83. The highest BCUT2D eigenvalue weighted by Gasteiger charge is 2.11. The van der Waals surface area contributed by atoms with Gasteiger partial charge in [-0.1, -0.05) is 33.6 Å². The number of halogens is 1. The van der Waals surface area contributed by atoms with Crippen molar-refractivity contribution in [3.8, 4) is 0 Å². The molecule has 0 radical (unpaired) electrons. The smallest absolute Gasteiger partial charge is 0.0320 e. The molecule has 0 saturated heterocycles. The van der Waals surface area contributed by atoms with E-state index in [2.05, 4.69) is 60.7 Å². The second-order valence-electron chi connectivity index (χ2n) is 4.81. The molecule has 0 aliphatic carbocycles. The largest absolute Gasteiger partial charge is 0.313 e. The Kier molecular flexibility index (Phi) is 5.41. The molecule has 0 aliphatic heterocycles. The molecular weight excluding hydrogens is 274 g/mol. The van der Waals surface area contributed by atoms with Crippen LogP contribution < -0.4 is 5.32 Å². The van der Waals surface area contributed by atoms with E-state index in [4.69, 9.17) is 0 Å². The van der Waals surface area contributed by atoms with Crippen molar-refractivity contribution >= 4 is 15.9 Å². The Labute approximate surface area is 113 Å². The highest BCUT2D eigenvalue weighted by atomic mass is 79.9. The van der Waals surface area contributed by atoms with Crippen LogP contribution in [-0.2, 0) is 0 Å². The van der Waals surface area contributed by atoms with Crippen LogP contribution in [0.4, 0.5) is 0 Å². The third-order valence-corrected chi connectivity index (χ3v) is 4.32. The van der Waals surface area contributed by atoms with Gasteiger partial charge in [0.05, 0.1) is 0 Å². The number of aryl methyl sites for hydroxylation is 2. The Balaban J connectivity index is 2.92. The zero-order valence-electron chi connectivity index (χ0n) is 11.2. The fraction of sp³-hybridized carbons (Fsp3) is 0.467. The molecule has 0 bridgehead atoms. The number of hydrogen-bond donors (Lipinski definition) is 1. The molecule has 94 valence electrons. The van der Waals surface area contributed by atoms with Crippen molar-refractivity contribution in [1.29, 1.82) is 0 Å². The zero-order chi connectivity index (χ0) is 13.0. The molecular formula is C15H22BrN. The van der Waals surface area contributed by atoms with Crippen molar-refractivity contribution in [2.24, 2.45) is 0 Å². The molecule has 2 heteroatoms. The predicted molar refractivity (Wildman–Crippen MR) is 79.5 cm³/mol. The van der Waals surface area contributed by atoms with Crippen molar-refractivity contribution in [3.63, 3.8) is 0 Å². The molecule has 1 atom stereocenters. The maximum absolute atomic E-state index is 3.97. The van der Waals surface area contributed by atoms with Crippen molar-refractivity contribution in [1.82, 2.24) is 5.32 Å². The minimum absolute atomic E-state index is 0.414. The summed E-state index contributed by atoms with van der Waals surface area (Å²) in [6, 6.07) is 4.94. The van der Waals surface area contributed by atoms with Gasteiger partial charge in [-0.05, 0) is 57.4 Å². The number of allylic oxidation sites excluding steroid dienone is 1. The maximum atomic E-state index is 3.97. The van der Waals surface area contributed by atoms with Crippen LogP contribution in [-0.4, -0.2) is 7.05 Å². The Morgan fingerprint density at radius 2 is 1.88 bits per heavy atom. The van der Waals surface area contributed by atoms with Crippen LogP contribution in [0.15, 0.2) is 28.8 Å².